The van der Waals surface area contributed by atoms with Crippen LogP contribution in [0.4, 0.5) is 10.5 Å². The van der Waals surface area contributed by atoms with Gasteiger partial charge in [0, 0.05) is 49.9 Å². The summed E-state index contributed by atoms with van der Waals surface area (Å²) in [6, 6.07) is 15.8. The van der Waals surface area contributed by atoms with Crippen LogP contribution in [0.15, 0.2) is 48.5 Å². The minimum atomic E-state index is -3.39. The van der Waals surface area contributed by atoms with Gasteiger partial charge in [-0.3, -0.25) is 4.31 Å². The Balaban J connectivity index is 1.26. The number of hydrogen-bond donors (Lipinski definition) is 0. The van der Waals surface area contributed by atoms with Gasteiger partial charge in [-0.15, -0.1) is 0 Å². The highest BCUT2D eigenvalue weighted by atomic mass is 32.2. The van der Waals surface area contributed by atoms with E-state index in [1.807, 2.05) is 74.0 Å². The van der Waals surface area contributed by atoms with Gasteiger partial charge in [-0.05, 0) is 88.6 Å². The maximum Gasteiger partial charge on any atom is 0.410 e. The third kappa shape index (κ3) is 6.62. The van der Waals surface area contributed by atoms with Gasteiger partial charge in [-0.25, -0.2) is 22.9 Å². The maximum absolute atomic E-state index is 13.1. The summed E-state index contributed by atoms with van der Waals surface area (Å²) in [6.07, 6.45) is 5.08. The SMILES string of the molecule is CC(C)(C)OC(=O)N1CCC(Oc2nc(-c3nn(C4CCCCO4)c4ccc(N5CCCCS5(=O)=O)cc34)cc3ccccc23)CC1. The molecule has 1 amide bonds. The molecule has 3 saturated heterocycles. The number of carbonyl (C=O) groups is 1. The summed E-state index contributed by atoms with van der Waals surface area (Å²) in [6.45, 7) is 7.82. The van der Waals surface area contributed by atoms with Gasteiger partial charge in [0.15, 0.2) is 6.23 Å². The molecule has 0 spiro atoms. The van der Waals surface area contributed by atoms with E-state index < -0.39 is 15.6 Å². The molecular weight excluding hydrogens is 618 g/mol. The number of amides is 1. The predicted molar refractivity (Wildman–Crippen MR) is 181 cm³/mol. The molecule has 250 valence electrons. The van der Waals surface area contributed by atoms with E-state index >= 15 is 0 Å². The Morgan fingerprint density at radius 1 is 0.936 bits per heavy atom. The molecule has 3 aliphatic rings. The van der Waals surface area contributed by atoms with Crippen LogP contribution in [-0.2, 0) is 19.5 Å². The predicted octanol–water partition coefficient (Wildman–Crippen LogP) is 6.66. The fourth-order valence-corrected chi connectivity index (χ4v) is 8.34. The number of hydrogen-bond acceptors (Lipinski definition) is 8. The lowest BCUT2D eigenvalue weighted by molar-refractivity contribution is -0.0365. The van der Waals surface area contributed by atoms with E-state index in [2.05, 4.69) is 0 Å². The monoisotopic (exact) mass is 661 g/mol. The zero-order chi connectivity index (χ0) is 32.8. The van der Waals surface area contributed by atoms with Crippen molar-refractivity contribution in [2.45, 2.75) is 83.6 Å². The summed E-state index contributed by atoms with van der Waals surface area (Å²) in [7, 11) is -3.39. The van der Waals surface area contributed by atoms with E-state index in [0.717, 1.165) is 47.4 Å². The first-order chi connectivity index (χ1) is 22.6. The molecule has 1 atom stereocenters. The molecule has 0 aliphatic carbocycles. The third-order valence-corrected chi connectivity index (χ3v) is 10.9. The zero-order valence-electron chi connectivity index (χ0n) is 27.4. The summed E-state index contributed by atoms with van der Waals surface area (Å²) in [4.78, 5) is 19.4. The topological polar surface area (TPSA) is 116 Å². The minimum Gasteiger partial charge on any atom is -0.474 e. The van der Waals surface area contributed by atoms with E-state index in [0.29, 0.717) is 68.5 Å². The van der Waals surface area contributed by atoms with E-state index in [1.54, 1.807) is 4.90 Å². The van der Waals surface area contributed by atoms with Gasteiger partial charge in [0.1, 0.15) is 17.4 Å². The molecule has 11 nitrogen and oxygen atoms in total. The number of sulfonamides is 1. The first-order valence-corrected chi connectivity index (χ1v) is 18.4. The van der Waals surface area contributed by atoms with Crippen molar-refractivity contribution in [1.82, 2.24) is 19.7 Å². The first-order valence-electron chi connectivity index (χ1n) is 16.7. The van der Waals surface area contributed by atoms with Gasteiger partial charge in [-0.2, -0.15) is 5.10 Å². The van der Waals surface area contributed by atoms with Crippen LogP contribution in [0.2, 0.25) is 0 Å². The Bertz CT molecular complexity index is 1890. The molecule has 2 aromatic carbocycles. The summed E-state index contributed by atoms with van der Waals surface area (Å²) in [5.74, 6) is 0.664. The van der Waals surface area contributed by atoms with Crippen molar-refractivity contribution < 1.29 is 27.4 Å². The number of aromatic nitrogens is 3. The number of pyridine rings is 1. The fourth-order valence-electron chi connectivity index (χ4n) is 6.71. The Labute approximate surface area is 275 Å². The van der Waals surface area contributed by atoms with Crippen LogP contribution in [0, 0.1) is 0 Å². The van der Waals surface area contributed by atoms with Crippen molar-refractivity contribution in [3.8, 4) is 17.3 Å². The molecule has 0 bridgehead atoms. The molecule has 47 heavy (non-hydrogen) atoms. The van der Waals surface area contributed by atoms with Gasteiger partial charge in [0.2, 0.25) is 15.9 Å². The van der Waals surface area contributed by atoms with Crippen molar-refractivity contribution in [3.05, 3.63) is 48.5 Å². The molecular formula is C35H43N5O6S. The number of ether oxygens (including phenoxy) is 3. The second-order valence-electron chi connectivity index (χ2n) is 13.7. The molecule has 12 heteroatoms. The highest BCUT2D eigenvalue weighted by Crippen LogP contribution is 2.38. The highest BCUT2D eigenvalue weighted by molar-refractivity contribution is 7.92. The number of anilines is 1. The van der Waals surface area contributed by atoms with Crippen molar-refractivity contribution in [2.24, 2.45) is 0 Å². The second kappa shape index (κ2) is 12.6. The lowest BCUT2D eigenvalue weighted by Gasteiger charge is -2.33. The quantitative estimate of drug-likeness (QED) is 0.233. The first kappa shape index (κ1) is 31.7. The molecule has 7 rings (SSSR count). The number of rotatable bonds is 5. The second-order valence-corrected chi connectivity index (χ2v) is 15.7. The van der Waals surface area contributed by atoms with Crippen LogP contribution < -0.4 is 9.04 Å². The van der Waals surface area contributed by atoms with Crippen LogP contribution >= 0.6 is 0 Å². The highest BCUT2D eigenvalue weighted by Gasteiger charge is 2.30. The molecule has 0 saturated carbocycles. The minimum absolute atomic E-state index is 0.124. The number of piperidine rings is 1. The van der Waals surface area contributed by atoms with E-state index in [9.17, 15) is 13.2 Å². The van der Waals surface area contributed by atoms with Crippen LogP contribution in [-0.4, -0.2) is 77.9 Å². The van der Waals surface area contributed by atoms with Crippen LogP contribution in [0.5, 0.6) is 5.88 Å². The smallest absolute Gasteiger partial charge is 0.410 e. The standard InChI is InChI=1S/C35H43N5O6S/c1-35(2,3)46-34(41)38-18-15-26(16-19-38)45-33-27-11-5-4-10-24(27)22-29(36-33)32-28-23-25(39-17-7-9-21-47(39,42)43)13-14-30(28)40(37-32)31-12-6-8-20-44-31/h4-5,10-11,13-14,22-23,26,31H,6-9,12,15-21H2,1-3H3. The van der Waals surface area contributed by atoms with Gasteiger partial charge in [0.25, 0.3) is 0 Å². The maximum atomic E-state index is 13.1. The van der Waals surface area contributed by atoms with E-state index in [1.165, 1.54) is 4.31 Å². The molecule has 0 radical (unpaired) electrons. The Kier molecular flexibility index (Phi) is 8.50. The number of nitrogens with zero attached hydrogens (tertiary/aromatic N) is 5. The van der Waals surface area contributed by atoms with Crippen LogP contribution in [0.25, 0.3) is 33.1 Å². The largest absolute Gasteiger partial charge is 0.474 e. The van der Waals surface area contributed by atoms with Crippen LogP contribution in [0.1, 0.15) is 71.9 Å². The normalized spacial score (nSPS) is 20.9. The number of likely N-dealkylation sites (tertiary alicyclic amines) is 1. The lowest BCUT2D eigenvalue weighted by atomic mass is 10.1. The lowest BCUT2D eigenvalue weighted by Crippen LogP contribution is -2.44. The fraction of sp³-hybridized carbons (Fsp3) is 0.514. The molecule has 2 aromatic heterocycles. The Morgan fingerprint density at radius 3 is 2.49 bits per heavy atom. The Morgan fingerprint density at radius 2 is 1.74 bits per heavy atom. The molecule has 4 aromatic rings. The summed E-state index contributed by atoms with van der Waals surface area (Å²) in [5, 5.41) is 7.78. The van der Waals surface area contributed by atoms with Crippen molar-refractivity contribution in [1.29, 1.82) is 0 Å². The average Bonchev–Trinajstić information content (AvgIpc) is 3.43. The molecule has 3 aliphatic heterocycles. The molecule has 5 heterocycles. The van der Waals surface area contributed by atoms with Crippen molar-refractivity contribution in [2.75, 3.05) is 36.3 Å². The van der Waals surface area contributed by atoms with Crippen molar-refractivity contribution >= 4 is 43.5 Å². The van der Waals surface area contributed by atoms with E-state index in [-0.39, 0.29) is 24.2 Å². The van der Waals surface area contributed by atoms with Crippen LogP contribution in [0.3, 0.4) is 0 Å². The third-order valence-electron chi connectivity index (χ3n) is 9.08. The number of benzene rings is 2. The van der Waals surface area contributed by atoms with Gasteiger partial charge < -0.3 is 19.1 Å². The molecule has 0 N–H and O–H groups in total. The van der Waals surface area contributed by atoms with Gasteiger partial charge in [0.05, 0.1) is 22.7 Å². The molecule has 1 unspecified atom stereocenters. The number of carbonyl (C=O) groups excluding carboxylic acids is 1. The molecule has 3 fully saturated rings. The van der Waals surface area contributed by atoms with Crippen molar-refractivity contribution in [3.63, 3.8) is 0 Å². The van der Waals surface area contributed by atoms with E-state index in [4.69, 9.17) is 24.3 Å². The number of fused-ring (bicyclic) bond motifs is 2. The zero-order valence-corrected chi connectivity index (χ0v) is 28.2. The Hall–Kier alpha value is -3.90. The van der Waals surface area contributed by atoms with Gasteiger partial charge in [-0.1, -0.05) is 18.2 Å². The summed E-state index contributed by atoms with van der Waals surface area (Å²) >= 11 is 0. The summed E-state index contributed by atoms with van der Waals surface area (Å²) in [5.41, 5.74) is 2.26. The summed E-state index contributed by atoms with van der Waals surface area (Å²) < 4.78 is 47.9. The average molecular weight is 662 g/mol. The van der Waals surface area contributed by atoms with Gasteiger partial charge >= 0.3 is 6.09 Å².